The van der Waals surface area contributed by atoms with Crippen molar-refractivity contribution in [1.29, 1.82) is 0 Å². The Hall–Kier alpha value is -3.69. The zero-order valence-electron chi connectivity index (χ0n) is 15.9. The highest BCUT2D eigenvalue weighted by Crippen LogP contribution is 2.32. The number of nitrogens with one attached hydrogen (secondary N) is 1. The van der Waals surface area contributed by atoms with Crippen LogP contribution >= 0.6 is 0 Å². The molecule has 3 amide bonds. The van der Waals surface area contributed by atoms with Gasteiger partial charge in [-0.25, -0.2) is 18.0 Å². The van der Waals surface area contributed by atoms with Crippen LogP contribution in [-0.2, 0) is 16.9 Å². The van der Waals surface area contributed by atoms with E-state index >= 15 is 0 Å². The van der Waals surface area contributed by atoms with Crippen LogP contribution in [0.4, 0.5) is 18.0 Å². The number of halogens is 3. The van der Waals surface area contributed by atoms with Crippen molar-refractivity contribution in [3.05, 3.63) is 70.9 Å². The lowest BCUT2D eigenvalue weighted by Gasteiger charge is -2.22. The number of rotatable bonds is 4. The second kappa shape index (κ2) is 6.97. The van der Waals surface area contributed by atoms with E-state index in [1.165, 1.54) is 13.0 Å². The van der Waals surface area contributed by atoms with E-state index in [0.29, 0.717) is 11.1 Å². The lowest BCUT2D eigenvalue weighted by atomic mass is 9.91. The van der Waals surface area contributed by atoms with Gasteiger partial charge in [0.25, 0.3) is 5.91 Å². The fourth-order valence-electron chi connectivity index (χ4n) is 3.21. The molecule has 1 aromatic heterocycles. The van der Waals surface area contributed by atoms with Gasteiger partial charge in [0.2, 0.25) is 11.7 Å². The van der Waals surface area contributed by atoms with Crippen LogP contribution in [0.1, 0.15) is 23.9 Å². The van der Waals surface area contributed by atoms with Crippen LogP contribution in [0.3, 0.4) is 0 Å². The van der Waals surface area contributed by atoms with Crippen molar-refractivity contribution in [2.75, 3.05) is 0 Å². The Morgan fingerprint density at radius 2 is 1.87 bits per heavy atom. The summed E-state index contributed by atoms with van der Waals surface area (Å²) in [5.41, 5.74) is -1.29. The van der Waals surface area contributed by atoms with Crippen molar-refractivity contribution in [3.63, 3.8) is 0 Å². The number of imide groups is 1. The molecule has 30 heavy (non-hydrogen) atoms. The number of hydrogen-bond acceptors (Lipinski definition) is 5. The van der Waals surface area contributed by atoms with Gasteiger partial charge >= 0.3 is 6.03 Å². The smallest absolute Gasteiger partial charge is 0.325 e. The van der Waals surface area contributed by atoms with Crippen molar-refractivity contribution < 1.29 is 27.3 Å². The summed E-state index contributed by atoms with van der Waals surface area (Å²) in [6.07, 6.45) is 0. The molecule has 1 N–H and O–H groups in total. The predicted octanol–water partition coefficient (Wildman–Crippen LogP) is 3.43. The molecule has 1 aliphatic rings. The van der Waals surface area contributed by atoms with Crippen LogP contribution in [0.2, 0.25) is 0 Å². The Kier molecular flexibility index (Phi) is 4.56. The van der Waals surface area contributed by atoms with Gasteiger partial charge < -0.3 is 9.84 Å². The monoisotopic (exact) mass is 416 g/mol. The van der Waals surface area contributed by atoms with Crippen molar-refractivity contribution in [2.45, 2.75) is 25.9 Å². The second-order valence-electron chi connectivity index (χ2n) is 7.05. The molecule has 2 aromatic carbocycles. The minimum Gasteiger partial charge on any atom is -0.337 e. The predicted molar refractivity (Wildman–Crippen MR) is 97.2 cm³/mol. The summed E-state index contributed by atoms with van der Waals surface area (Å²) >= 11 is 0. The van der Waals surface area contributed by atoms with Gasteiger partial charge in [0, 0.05) is 11.1 Å². The minimum atomic E-state index is -1.80. The molecule has 154 valence electrons. The second-order valence-corrected chi connectivity index (χ2v) is 7.05. The topological polar surface area (TPSA) is 88.3 Å². The highest BCUT2D eigenvalue weighted by atomic mass is 19.1. The summed E-state index contributed by atoms with van der Waals surface area (Å²) in [4.78, 5) is 30.1. The van der Waals surface area contributed by atoms with E-state index in [1.807, 2.05) is 0 Å². The molecule has 0 radical (unpaired) electrons. The first kappa shape index (κ1) is 19.6. The van der Waals surface area contributed by atoms with Crippen molar-refractivity contribution in [3.8, 4) is 11.4 Å². The molecular formula is C20H15F3N4O3. The van der Waals surface area contributed by atoms with Gasteiger partial charge in [0.1, 0.15) is 29.5 Å². The number of aryl methyl sites for hydroxylation is 1. The van der Waals surface area contributed by atoms with Gasteiger partial charge in [-0.05, 0) is 43.7 Å². The summed E-state index contributed by atoms with van der Waals surface area (Å²) in [6.45, 7) is 2.49. The Morgan fingerprint density at radius 3 is 2.60 bits per heavy atom. The lowest BCUT2D eigenvalue weighted by molar-refractivity contribution is -0.131. The standard InChI is InChI=1S/C20H15F3N4O3/c1-10-3-4-11(7-15(10)23)17-24-16(30-26-17)9-27-18(28)20(2,25-19(27)29)13-8-12(21)5-6-14(13)22/h3-8H,9H2,1-2H3,(H,25,29). The molecular weight excluding hydrogens is 401 g/mol. The Labute approximate surface area is 168 Å². The zero-order chi connectivity index (χ0) is 21.6. The summed E-state index contributed by atoms with van der Waals surface area (Å²) in [5, 5.41) is 6.12. The molecule has 0 spiro atoms. The average molecular weight is 416 g/mol. The molecule has 10 heteroatoms. The molecule has 2 heterocycles. The van der Waals surface area contributed by atoms with E-state index in [-0.39, 0.29) is 17.3 Å². The van der Waals surface area contributed by atoms with E-state index in [1.54, 1.807) is 19.1 Å². The normalized spacial score (nSPS) is 18.8. The summed E-state index contributed by atoms with van der Waals surface area (Å²) < 4.78 is 46.6. The third-order valence-electron chi connectivity index (χ3n) is 4.93. The van der Waals surface area contributed by atoms with Crippen LogP contribution in [0.5, 0.6) is 0 Å². The van der Waals surface area contributed by atoms with Gasteiger partial charge in [0.15, 0.2) is 0 Å². The highest BCUT2D eigenvalue weighted by molar-refractivity contribution is 6.07. The van der Waals surface area contributed by atoms with Gasteiger partial charge in [-0.15, -0.1) is 0 Å². The van der Waals surface area contributed by atoms with Crippen LogP contribution in [-0.4, -0.2) is 27.0 Å². The van der Waals surface area contributed by atoms with E-state index in [9.17, 15) is 22.8 Å². The van der Waals surface area contributed by atoms with Crippen molar-refractivity contribution in [2.24, 2.45) is 0 Å². The molecule has 0 aliphatic carbocycles. The molecule has 0 saturated carbocycles. The first-order valence-corrected chi connectivity index (χ1v) is 8.88. The average Bonchev–Trinajstić information content (AvgIpc) is 3.25. The van der Waals surface area contributed by atoms with Gasteiger partial charge in [-0.2, -0.15) is 4.98 Å². The molecule has 1 aliphatic heterocycles. The van der Waals surface area contributed by atoms with Gasteiger partial charge in [-0.3, -0.25) is 9.69 Å². The number of carbonyl (C=O) groups excluding carboxylic acids is 2. The van der Waals surface area contributed by atoms with Crippen LogP contribution in [0.25, 0.3) is 11.4 Å². The molecule has 3 aromatic rings. The number of aromatic nitrogens is 2. The largest absolute Gasteiger partial charge is 0.337 e. The zero-order valence-corrected chi connectivity index (χ0v) is 15.9. The van der Waals surface area contributed by atoms with E-state index in [4.69, 9.17) is 4.52 Å². The van der Waals surface area contributed by atoms with E-state index in [2.05, 4.69) is 15.5 Å². The van der Waals surface area contributed by atoms with Crippen molar-refractivity contribution in [1.82, 2.24) is 20.4 Å². The summed E-state index contributed by atoms with van der Waals surface area (Å²) in [7, 11) is 0. The molecule has 1 unspecified atom stereocenters. The molecule has 1 fully saturated rings. The molecule has 7 nitrogen and oxygen atoms in total. The molecule has 1 atom stereocenters. The number of nitrogens with zero attached hydrogens (tertiary/aromatic N) is 3. The molecule has 4 rings (SSSR count). The third-order valence-corrected chi connectivity index (χ3v) is 4.93. The Bertz CT molecular complexity index is 1180. The van der Waals surface area contributed by atoms with Gasteiger partial charge in [-0.1, -0.05) is 17.3 Å². The maximum absolute atomic E-state index is 14.2. The minimum absolute atomic E-state index is 0.0786. The first-order chi connectivity index (χ1) is 14.2. The molecule has 0 bridgehead atoms. The van der Waals surface area contributed by atoms with Crippen LogP contribution in [0.15, 0.2) is 40.9 Å². The number of hydrogen-bond donors (Lipinski definition) is 1. The van der Waals surface area contributed by atoms with Gasteiger partial charge in [0.05, 0.1) is 0 Å². The molecule has 1 saturated heterocycles. The quantitative estimate of drug-likeness (QED) is 0.659. The summed E-state index contributed by atoms with van der Waals surface area (Å²) in [5.74, 6) is -2.84. The fourth-order valence-corrected chi connectivity index (χ4v) is 3.21. The number of amides is 3. The highest BCUT2D eigenvalue weighted by Gasteiger charge is 2.50. The first-order valence-electron chi connectivity index (χ1n) is 8.88. The van der Waals surface area contributed by atoms with Crippen molar-refractivity contribution >= 4 is 11.9 Å². The Morgan fingerprint density at radius 1 is 1.10 bits per heavy atom. The van der Waals surface area contributed by atoms with Crippen LogP contribution < -0.4 is 5.32 Å². The van der Waals surface area contributed by atoms with Crippen LogP contribution in [0, 0.1) is 24.4 Å². The van der Waals surface area contributed by atoms with E-state index in [0.717, 1.165) is 23.1 Å². The lowest BCUT2D eigenvalue weighted by Crippen LogP contribution is -2.41. The van der Waals surface area contributed by atoms with E-state index < -0.39 is 41.5 Å². The number of carbonyl (C=O) groups is 2. The number of benzene rings is 2. The number of urea groups is 1. The maximum Gasteiger partial charge on any atom is 0.325 e. The third kappa shape index (κ3) is 3.19. The Balaban J connectivity index is 1.59. The fraction of sp³-hybridized carbons (Fsp3) is 0.200. The maximum atomic E-state index is 14.2. The summed E-state index contributed by atoms with van der Waals surface area (Å²) in [6, 6.07) is 6.21. The SMILES string of the molecule is Cc1ccc(-c2noc(CN3C(=O)NC(C)(c4cc(F)ccc4F)C3=O)n2)cc1F.